The van der Waals surface area contributed by atoms with Crippen molar-refractivity contribution in [2.45, 2.75) is 6.92 Å². The summed E-state index contributed by atoms with van der Waals surface area (Å²) in [5.41, 5.74) is 1.10. The molecule has 2 rings (SSSR count). The molecule has 1 nitrogen and oxygen atoms in total. The predicted molar refractivity (Wildman–Crippen MR) is 65.0 cm³/mol. The second-order valence-electron chi connectivity index (χ2n) is 2.87. The minimum atomic E-state index is 0.751. The van der Waals surface area contributed by atoms with Gasteiger partial charge in [0.25, 0.3) is 0 Å². The lowest BCUT2D eigenvalue weighted by atomic mass is 10.2. The van der Waals surface area contributed by atoms with Crippen LogP contribution in [0.4, 0.5) is 0 Å². The van der Waals surface area contributed by atoms with Gasteiger partial charge in [-0.2, -0.15) is 0 Å². The van der Waals surface area contributed by atoms with Gasteiger partial charge in [-0.1, -0.05) is 23.7 Å². The van der Waals surface area contributed by atoms with Crippen molar-refractivity contribution >= 4 is 38.9 Å². The van der Waals surface area contributed by atoms with Gasteiger partial charge in [0.1, 0.15) is 9.61 Å². The van der Waals surface area contributed by atoms with Crippen LogP contribution in [-0.2, 0) is 0 Å². The number of hydrogen-bond acceptors (Lipinski definition) is 2. The first kappa shape index (κ1) is 10.1. The van der Waals surface area contributed by atoms with E-state index in [1.165, 1.54) is 4.88 Å². The normalized spacial score (nSPS) is 10.5. The van der Waals surface area contributed by atoms with E-state index in [4.69, 9.17) is 11.6 Å². The lowest BCUT2D eigenvalue weighted by Crippen LogP contribution is -1.74. The standard InChI is InChI=1S/C10H7BrClNS/c1-6-9(11)13-10(14-6)7-2-4-8(12)5-3-7/h2-5H,1H3. The van der Waals surface area contributed by atoms with Gasteiger partial charge in [-0.05, 0) is 35.0 Å². The summed E-state index contributed by atoms with van der Waals surface area (Å²) in [6.07, 6.45) is 0. The van der Waals surface area contributed by atoms with Crippen molar-refractivity contribution < 1.29 is 0 Å². The van der Waals surface area contributed by atoms with Gasteiger partial charge in [0, 0.05) is 15.5 Å². The molecular formula is C10H7BrClNS. The monoisotopic (exact) mass is 287 g/mol. The summed E-state index contributed by atoms with van der Waals surface area (Å²) in [6, 6.07) is 7.71. The molecule has 0 saturated heterocycles. The van der Waals surface area contributed by atoms with E-state index in [1.807, 2.05) is 31.2 Å². The number of rotatable bonds is 1. The number of hydrogen-bond donors (Lipinski definition) is 0. The van der Waals surface area contributed by atoms with E-state index in [-0.39, 0.29) is 0 Å². The molecule has 1 aromatic heterocycles. The SMILES string of the molecule is Cc1sc(-c2ccc(Cl)cc2)nc1Br. The Morgan fingerprint density at radius 2 is 1.93 bits per heavy atom. The predicted octanol–water partition coefficient (Wildman–Crippen LogP) is 4.53. The van der Waals surface area contributed by atoms with Gasteiger partial charge in [-0.25, -0.2) is 4.98 Å². The van der Waals surface area contributed by atoms with Crippen LogP contribution in [0.1, 0.15) is 4.88 Å². The Hall–Kier alpha value is -0.380. The molecule has 0 N–H and O–H groups in total. The van der Waals surface area contributed by atoms with E-state index in [0.29, 0.717) is 0 Å². The summed E-state index contributed by atoms with van der Waals surface area (Å²) in [7, 11) is 0. The number of halogens is 2. The second-order valence-corrected chi connectivity index (χ2v) is 5.26. The van der Waals surface area contributed by atoms with Gasteiger partial charge in [0.15, 0.2) is 0 Å². The van der Waals surface area contributed by atoms with Crippen molar-refractivity contribution in [1.29, 1.82) is 0 Å². The Morgan fingerprint density at radius 1 is 1.29 bits per heavy atom. The fraction of sp³-hybridized carbons (Fsp3) is 0.100. The van der Waals surface area contributed by atoms with E-state index in [0.717, 1.165) is 20.2 Å². The average Bonchev–Trinajstić information content (AvgIpc) is 2.48. The number of aromatic nitrogens is 1. The van der Waals surface area contributed by atoms with Gasteiger partial charge in [-0.15, -0.1) is 11.3 Å². The number of aryl methyl sites for hydroxylation is 1. The van der Waals surface area contributed by atoms with Crippen molar-refractivity contribution in [3.8, 4) is 10.6 Å². The Labute approximate surface area is 99.9 Å². The lowest BCUT2D eigenvalue weighted by molar-refractivity contribution is 1.32. The molecule has 0 saturated carbocycles. The fourth-order valence-corrected chi connectivity index (χ4v) is 2.57. The maximum Gasteiger partial charge on any atom is 0.124 e. The van der Waals surface area contributed by atoms with Crippen molar-refractivity contribution in [2.75, 3.05) is 0 Å². The third-order valence-electron chi connectivity index (χ3n) is 1.83. The van der Waals surface area contributed by atoms with Crippen LogP contribution in [0.25, 0.3) is 10.6 Å². The quantitative estimate of drug-likeness (QED) is 0.751. The first-order valence-corrected chi connectivity index (χ1v) is 6.04. The maximum atomic E-state index is 5.81. The van der Waals surface area contributed by atoms with E-state index < -0.39 is 0 Å². The Morgan fingerprint density at radius 3 is 2.43 bits per heavy atom. The summed E-state index contributed by atoms with van der Waals surface area (Å²) in [6.45, 7) is 2.04. The third-order valence-corrected chi connectivity index (χ3v) is 4.14. The smallest absolute Gasteiger partial charge is 0.124 e. The summed E-state index contributed by atoms with van der Waals surface area (Å²) in [5, 5.41) is 1.77. The van der Waals surface area contributed by atoms with Crippen molar-refractivity contribution in [2.24, 2.45) is 0 Å². The molecule has 1 heterocycles. The zero-order chi connectivity index (χ0) is 10.1. The first-order valence-electron chi connectivity index (χ1n) is 4.05. The Bertz CT molecular complexity index is 430. The second kappa shape index (κ2) is 4.01. The van der Waals surface area contributed by atoms with E-state index in [9.17, 15) is 0 Å². The van der Waals surface area contributed by atoms with Crippen LogP contribution in [0.5, 0.6) is 0 Å². The van der Waals surface area contributed by atoms with Crippen molar-refractivity contribution in [3.63, 3.8) is 0 Å². The van der Waals surface area contributed by atoms with Gasteiger partial charge in [0.2, 0.25) is 0 Å². The van der Waals surface area contributed by atoms with Crippen molar-refractivity contribution in [3.05, 3.63) is 38.8 Å². The lowest BCUT2D eigenvalue weighted by Gasteiger charge is -1.94. The van der Waals surface area contributed by atoms with Crippen LogP contribution < -0.4 is 0 Å². The highest BCUT2D eigenvalue weighted by molar-refractivity contribution is 9.10. The molecule has 0 atom stereocenters. The first-order chi connectivity index (χ1) is 6.66. The molecule has 0 spiro atoms. The molecule has 14 heavy (non-hydrogen) atoms. The zero-order valence-corrected chi connectivity index (χ0v) is 10.6. The van der Waals surface area contributed by atoms with Crippen LogP contribution >= 0.6 is 38.9 Å². The van der Waals surface area contributed by atoms with Gasteiger partial charge in [-0.3, -0.25) is 0 Å². The molecular weight excluding hydrogens is 282 g/mol. The molecule has 0 bridgehead atoms. The fourth-order valence-electron chi connectivity index (χ4n) is 1.09. The molecule has 0 amide bonds. The molecule has 2 aromatic rings. The van der Waals surface area contributed by atoms with Crippen LogP contribution in [0.3, 0.4) is 0 Å². The highest BCUT2D eigenvalue weighted by Gasteiger charge is 2.06. The molecule has 0 radical (unpaired) electrons. The Kier molecular flexibility index (Phi) is 2.91. The molecule has 0 aliphatic rings. The van der Waals surface area contributed by atoms with E-state index in [1.54, 1.807) is 11.3 Å². The minimum Gasteiger partial charge on any atom is -0.229 e. The van der Waals surface area contributed by atoms with Gasteiger partial charge in [0.05, 0.1) is 0 Å². The largest absolute Gasteiger partial charge is 0.229 e. The Balaban J connectivity index is 2.44. The summed E-state index contributed by atoms with van der Waals surface area (Å²) < 4.78 is 0.924. The molecule has 4 heteroatoms. The number of benzene rings is 1. The van der Waals surface area contributed by atoms with Crippen LogP contribution in [0.2, 0.25) is 5.02 Å². The number of thiazole rings is 1. The molecule has 0 aliphatic carbocycles. The summed E-state index contributed by atoms with van der Waals surface area (Å²) >= 11 is 10.9. The zero-order valence-electron chi connectivity index (χ0n) is 7.42. The third kappa shape index (κ3) is 2.00. The summed E-state index contributed by atoms with van der Waals surface area (Å²) in [4.78, 5) is 5.59. The number of nitrogens with zero attached hydrogens (tertiary/aromatic N) is 1. The van der Waals surface area contributed by atoms with Crippen molar-refractivity contribution in [1.82, 2.24) is 4.98 Å². The minimum absolute atomic E-state index is 0.751. The molecule has 0 unspecified atom stereocenters. The highest BCUT2D eigenvalue weighted by atomic mass is 79.9. The molecule has 1 aromatic carbocycles. The van der Waals surface area contributed by atoms with Crippen LogP contribution in [-0.4, -0.2) is 4.98 Å². The molecule has 0 fully saturated rings. The summed E-state index contributed by atoms with van der Waals surface area (Å²) in [5.74, 6) is 0. The van der Waals surface area contributed by atoms with Crippen LogP contribution in [0.15, 0.2) is 28.9 Å². The molecule has 0 aliphatic heterocycles. The average molecular weight is 289 g/mol. The highest BCUT2D eigenvalue weighted by Crippen LogP contribution is 2.30. The van der Waals surface area contributed by atoms with E-state index in [2.05, 4.69) is 20.9 Å². The maximum absolute atomic E-state index is 5.81. The topological polar surface area (TPSA) is 12.9 Å². The van der Waals surface area contributed by atoms with E-state index >= 15 is 0 Å². The van der Waals surface area contributed by atoms with Crippen LogP contribution in [0, 0.1) is 6.92 Å². The molecule has 72 valence electrons. The van der Waals surface area contributed by atoms with Gasteiger partial charge >= 0.3 is 0 Å². The van der Waals surface area contributed by atoms with Gasteiger partial charge < -0.3 is 0 Å².